The Kier molecular flexibility index (Phi) is 3.46. The molecule has 0 spiro atoms. The Hall–Kier alpha value is -1.35. The van der Waals surface area contributed by atoms with Crippen LogP contribution in [0.25, 0.3) is 0 Å². The van der Waals surface area contributed by atoms with Gasteiger partial charge >= 0.3 is 5.97 Å². The van der Waals surface area contributed by atoms with Crippen molar-refractivity contribution in [3.05, 3.63) is 35.9 Å². The van der Waals surface area contributed by atoms with E-state index in [0.717, 1.165) is 5.56 Å². The fourth-order valence-electron chi connectivity index (χ4n) is 1.01. The zero-order chi connectivity index (χ0) is 9.68. The number of hydrogen-bond acceptors (Lipinski definition) is 3. The predicted molar refractivity (Wildman–Crippen MR) is 49.9 cm³/mol. The van der Waals surface area contributed by atoms with Crippen LogP contribution in [0.15, 0.2) is 30.3 Å². The maximum atomic E-state index is 11.1. The molecule has 0 aliphatic heterocycles. The van der Waals surface area contributed by atoms with Gasteiger partial charge in [-0.05, 0) is 12.5 Å². The van der Waals surface area contributed by atoms with E-state index in [0.29, 0.717) is 0 Å². The molecule has 0 saturated heterocycles. The number of ether oxygens (including phenoxy) is 1. The van der Waals surface area contributed by atoms with Gasteiger partial charge in [0.05, 0.1) is 6.42 Å². The first kappa shape index (κ1) is 9.74. The first-order valence-corrected chi connectivity index (χ1v) is 4.17. The molecule has 13 heavy (non-hydrogen) atoms. The number of esters is 1. The van der Waals surface area contributed by atoms with E-state index in [1.54, 1.807) is 6.92 Å². The Morgan fingerprint density at radius 2 is 2.08 bits per heavy atom. The SMILES string of the molecule is CC(N)OC(=O)Cc1ccccc1. The van der Waals surface area contributed by atoms with Crippen LogP contribution in [0, 0.1) is 0 Å². The van der Waals surface area contributed by atoms with Crippen LogP contribution in [0.1, 0.15) is 12.5 Å². The monoisotopic (exact) mass is 179 g/mol. The molecule has 1 unspecified atom stereocenters. The highest BCUT2D eigenvalue weighted by Gasteiger charge is 2.05. The standard InChI is InChI=1S/C10H13NO2/c1-8(11)13-10(12)7-9-5-3-2-4-6-9/h2-6,8H,7,11H2,1H3. The number of hydrogen-bond donors (Lipinski definition) is 1. The zero-order valence-electron chi connectivity index (χ0n) is 7.57. The minimum atomic E-state index is -0.531. The molecule has 70 valence electrons. The van der Waals surface area contributed by atoms with Gasteiger partial charge in [-0.15, -0.1) is 0 Å². The van der Waals surface area contributed by atoms with Crippen molar-refractivity contribution >= 4 is 5.97 Å². The van der Waals surface area contributed by atoms with Gasteiger partial charge in [0.1, 0.15) is 6.23 Å². The largest absolute Gasteiger partial charge is 0.447 e. The van der Waals surface area contributed by atoms with Gasteiger partial charge in [-0.2, -0.15) is 0 Å². The number of nitrogens with two attached hydrogens (primary N) is 1. The molecule has 0 aliphatic rings. The third-order valence-corrected chi connectivity index (χ3v) is 1.51. The summed E-state index contributed by atoms with van der Waals surface area (Å²) in [6.45, 7) is 1.63. The van der Waals surface area contributed by atoms with E-state index in [1.165, 1.54) is 0 Å². The molecule has 0 fully saturated rings. The molecule has 0 radical (unpaired) electrons. The average Bonchev–Trinajstić information content (AvgIpc) is 2.04. The van der Waals surface area contributed by atoms with Crippen LogP contribution in [-0.4, -0.2) is 12.2 Å². The lowest BCUT2D eigenvalue weighted by atomic mass is 10.2. The molecule has 0 aliphatic carbocycles. The van der Waals surface area contributed by atoms with Crippen molar-refractivity contribution in [2.45, 2.75) is 19.6 Å². The molecule has 0 bridgehead atoms. The third-order valence-electron chi connectivity index (χ3n) is 1.51. The minimum absolute atomic E-state index is 0.280. The second kappa shape index (κ2) is 4.62. The normalized spacial score (nSPS) is 12.2. The molecule has 0 amide bonds. The molecule has 3 nitrogen and oxygen atoms in total. The summed E-state index contributed by atoms with van der Waals surface area (Å²) in [5.74, 6) is -0.291. The van der Waals surface area contributed by atoms with Crippen molar-refractivity contribution in [2.24, 2.45) is 5.73 Å². The summed E-state index contributed by atoms with van der Waals surface area (Å²) in [6.07, 6.45) is -0.251. The molecular weight excluding hydrogens is 166 g/mol. The lowest BCUT2D eigenvalue weighted by Crippen LogP contribution is -2.24. The molecule has 0 saturated carbocycles. The Balaban J connectivity index is 2.46. The molecular formula is C10H13NO2. The second-order valence-electron chi connectivity index (χ2n) is 2.86. The molecule has 1 aromatic rings. The van der Waals surface area contributed by atoms with Gasteiger partial charge in [0.25, 0.3) is 0 Å². The van der Waals surface area contributed by atoms with Crippen LogP contribution in [0.3, 0.4) is 0 Å². The van der Waals surface area contributed by atoms with Gasteiger partial charge in [-0.25, -0.2) is 0 Å². The number of rotatable bonds is 3. The molecule has 1 rings (SSSR count). The van der Waals surface area contributed by atoms with Gasteiger partial charge in [-0.3, -0.25) is 10.5 Å². The van der Waals surface area contributed by atoms with Crippen LogP contribution in [-0.2, 0) is 16.0 Å². The van der Waals surface area contributed by atoms with E-state index in [-0.39, 0.29) is 12.4 Å². The van der Waals surface area contributed by atoms with E-state index >= 15 is 0 Å². The third kappa shape index (κ3) is 3.71. The van der Waals surface area contributed by atoms with Gasteiger partial charge in [0.2, 0.25) is 0 Å². The van der Waals surface area contributed by atoms with E-state index < -0.39 is 6.23 Å². The molecule has 1 atom stereocenters. The van der Waals surface area contributed by atoms with Gasteiger partial charge < -0.3 is 4.74 Å². The quantitative estimate of drug-likeness (QED) is 0.558. The van der Waals surface area contributed by atoms with Crippen LogP contribution < -0.4 is 5.73 Å². The lowest BCUT2D eigenvalue weighted by molar-refractivity contribution is -0.147. The zero-order valence-corrected chi connectivity index (χ0v) is 7.57. The Bertz CT molecular complexity index is 270. The smallest absolute Gasteiger partial charge is 0.311 e. The predicted octanol–water partition coefficient (Wildman–Crippen LogP) is 1.08. The Morgan fingerprint density at radius 3 is 2.62 bits per heavy atom. The van der Waals surface area contributed by atoms with E-state index in [2.05, 4.69) is 0 Å². The van der Waals surface area contributed by atoms with E-state index in [4.69, 9.17) is 10.5 Å². The molecule has 0 aromatic heterocycles. The molecule has 1 aromatic carbocycles. The summed E-state index contributed by atoms with van der Waals surface area (Å²) in [4.78, 5) is 11.1. The summed E-state index contributed by atoms with van der Waals surface area (Å²) >= 11 is 0. The van der Waals surface area contributed by atoms with Crippen molar-refractivity contribution in [3.8, 4) is 0 Å². The van der Waals surface area contributed by atoms with E-state index in [9.17, 15) is 4.79 Å². The van der Waals surface area contributed by atoms with Crippen LogP contribution in [0.4, 0.5) is 0 Å². The first-order valence-electron chi connectivity index (χ1n) is 4.17. The minimum Gasteiger partial charge on any atom is -0.447 e. The Morgan fingerprint density at radius 1 is 1.46 bits per heavy atom. The van der Waals surface area contributed by atoms with Crippen molar-refractivity contribution in [2.75, 3.05) is 0 Å². The van der Waals surface area contributed by atoms with Crippen molar-refractivity contribution in [3.63, 3.8) is 0 Å². The number of carbonyl (C=O) groups excluding carboxylic acids is 1. The highest BCUT2D eigenvalue weighted by Crippen LogP contribution is 2.00. The molecule has 2 N–H and O–H groups in total. The summed E-state index contributed by atoms with van der Waals surface area (Å²) in [7, 11) is 0. The van der Waals surface area contributed by atoms with Crippen LogP contribution in [0.5, 0.6) is 0 Å². The van der Waals surface area contributed by atoms with Crippen molar-refractivity contribution in [1.82, 2.24) is 0 Å². The summed E-state index contributed by atoms with van der Waals surface area (Å²) < 4.78 is 4.79. The molecule has 0 heterocycles. The highest BCUT2D eigenvalue weighted by atomic mass is 16.5. The second-order valence-corrected chi connectivity index (χ2v) is 2.86. The summed E-state index contributed by atoms with van der Waals surface area (Å²) in [5.41, 5.74) is 6.24. The van der Waals surface area contributed by atoms with Crippen LogP contribution >= 0.6 is 0 Å². The average molecular weight is 179 g/mol. The maximum absolute atomic E-state index is 11.1. The van der Waals surface area contributed by atoms with Gasteiger partial charge in [0.15, 0.2) is 0 Å². The maximum Gasteiger partial charge on any atom is 0.311 e. The van der Waals surface area contributed by atoms with Crippen molar-refractivity contribution in [1.29, 1.82) is 0 Å². The van der Waals surface area contributed by atoms with Crippen LogP contribution in [0.2, 0.25) is 0 Å². The van der Waals surface area contributed by atoms with Gasteiger partial charge in [-0.1, -0.05) is 30.3 Å². The summed E-state index contributed by atoms with van der Waals surface area (Å²) in [5, 5.41) is 0. The van der Waals surface area contributed by atoms with Gasteiger partial charge in [0, 0.05) is 0 Å². The Labute approximate surface area is 77.5 Å². The topological polar surface area (TPSA) is 52.3 Å². The first-order chi connectivity index (χ1) is 6.18. The van der Waals surface area contributed by atoms with E-state index in [1.807, 2.05) is 30.3 Å². The fourth-order valence-corrected chi connectivity index (χ4v) is 1.01. The summed E-state index contributed by atoms with van der Waals surface area (Å²) in [6, 6.07) is 9.42. The van der Waals surface area contributed by atoms with Crippen molar-refractivity contribution < 1.29 is 9.53 Å². The number of carbonyl (C=O) groups is 1. The lowest BCUT2D eigenvalue weighted by Gasteiger charge is -2.07. The fraction of sp³-hybridized carbons (Fsp3) is 0.300. The molecule has 3 heteroatoms. The number of benzene rings is 1. The highest BCUT2D eigenvalue weighted by molar-refractivity contribution is 5.72.